The van der Waals surface area contributed by atoms with Gasteiger partial charge in [0.05, 0.1) is 6.10 Å². The van der Waals surface area contributed by atoms with E-state index in [0.29, 0.717) is 12.0 Å². The zero-order chi connectivity index (χ0) is 17.0. The van der Waals surface area contributed by atoms with E-state index in [2.05, 4.69) is 0 Å². The summed E-state index contributed by atoms with van der Waals surface area (Å²) in [4.78, 5) is 12.6. The quantitative estimate of drug-likeness (QED) is 0.642. The van der Waals surface area contributed by atoms with Crippen molar-refractivity contribution in [3.63, 3.8) is 0 Å². The minimum absolute atomic E-state index is 0.338. The predicted molar refractivity (Wildman–Crippen MR) is 93.1 cm³/mol. The average molecular weight is 329 g/mol. The van der Waals surface area contributed by atoms with Crippen LogP contribution in [0.1, 0.15) is 52.1 Å². The maximum absolute atomic E-state index is 12.6. The Bertz CT molecular complexity index is 700. The summed E-state index contributed by atoms with van der Waals surface area (Å²) in [5.41, 5.74) is 3.79. The van der Waals surface area contributed by atoms with Crippen LogP contribution < -0.4 is 0 Å². The van der Waals surface area contributed by atoms with Gasteiger partial charge in [-0.25, -0.2) is 4.57 Å². The summed E-state index contributed by atoms with van der Waals surface area (Å²) in [7, 11) is -2.42. The molecule has 23 heavy (non-hydrogen) atoms. The van der Waals surface area contributed by atoms with E-state index < -0.39 is 13.6 Å². The lowest BCUT2D eigenvalue weighted by atomic mass is 10.0. The highest BCUT2D eigenvalue weighted by molar-refractivity contribution is 7.60. The lowest BCUT2D eigenvalue weighted by molar-refractivity contribution is 0.104. The van der Waals surface area contributed by atoms with E-state index in [1.807, 2.05) is 70.2 Å². The van der Waals surface area contributed by atoms with Crippen molar-refractivity contribution in [1.82, 2.24) is 0 Å². The summed E-state index contributed by atoms with van der Waals surface area (Å²) in [6, 6.07) is 13.4. The summed E-state index contributed by atoms with van der Waals surface area (Å²) >= 11 is 0. The molecule has 0 fully saturated rings. The molecule has 0 amide bonds. The summed E-state index contributed by atoms with van der Waals surface area (Å²) in [6.45, 7) is 7.66. The first-order valence-corrected chi connectivity index (χ1v) is 8.93. The molecular formula is C19H22O3P. The van der Waals surface area contributed by atoms with Crippen LogP contribution in [0.15, 0.2) is 42.5 Å². The normalized spacial score (nSPS) is 12.8. The molecule has 121 valence electrons. The van der Waals surface area contributed by atoms with E-state index in [-0.39, 0.29) is 6.10 Å². The molecule has 0 spiro atoms. The molecular weight excluding hydrogens is 307 g/mol. The third kappa shape index (κ3) is 4.13. The highest BCUT2D eigenvalue weighted by Gasteiger charge is 2.24. The molecule has 2 atom stereocenters. The Labute approximate surface area is 138 Å². The first-order valence-electron chi connectivity index (χ1n) is 7.75. The fourth-order valence-corrected chi connectivity index (χ4v) is 3.94. The maximum atomic E-state index is 12.6. The van der Waals surface area contributed by atoms with Gasteiger partial charge in [-0.1, -0.05) is 55.0 Å². The van der Waals surface area contributed by atoms with Gasteiger partial charge in [0.25, 0.3) is 13.6 Å². The zero-order valence-corrected chi connectivity index (χ0v) is 14.9. The van der Waals surface area contributed by atoms with Gasteiger partial charge in [0.1, 0.15) is 0 Å². The third-order valence-electron chi connectivity index (χ3n) is 3.82. The van der Waals surface area contributed by atoms with E-state index in [4.69, 9.17) is 4.52 Å². The van der Waals surface area contributed by atoms with Crippen LogP contribution in [0.25, 0.3) is 0 Å². The van der Waals surface area contributed by atoms with E-state index in [1.165, 1.54) is 0 Å². The van der Waals surface area contributed by atoms with Crippen LogP contribution in [-0.4, -0.2) is 5.52 Å². The van der Waals surface area contributed by atoms with E-state index in [0.717, 1.165) is 22.3 Å². The second kappa shape index (κ2) is 7.63. The molecule has 0 aliphatic rings. The SMILES string of the molecule is CCC(O[P](=O)C(=O)c1c(C)cc(C)cc1C)c1ccccc1. The molecule has 0 saturated carbocycles. The lowest BCUT2D eigenvalue weighted by Gasteiger charge is -2.16. The molecule has 2 aromatic carbocycles. The van der Waals surface area contributed by atoms with Crippen molar-refractivity contribution in [1.29, 1.82) is 0 Å². The molecule has 2 aromatic rings. The fraction of sp³-hybridized carbons (Fsp3) is 0.316. The molecule has 0 aliphatic carbocycles. The van der Waals surface area contributed by atoms with Gasteiger partial charge in [-0.3, -0.25) is 9.32 Å². The van der Waals surface area contributed by atoms with E-state index in [9.17, 15) is 9.36 Å². The van der Waals surface area contributed by atoms with Gasteiger partial charge in [-0.15, -0.1) is 0 Å². The number of aryl methyl sites for hydroxylation is 3. The number of benzene rings is 2. The van der Waals surface area contributed by atoms with Crippen LogP contribution in [0.3, 0.4) is 0 Å². The van der Waals surface area contributed by atoms with Gasteiger partial charge < -0.3 is 0 Å². The van der Waals surface area contributed by atoms with Crippen LogP contribution in [0.5, 0.6) is 0 Å². The number of carbonyl (C=O) groups excluding carboxylic acids is 1. The Morgan fingerprint density at radius 3 is 2.17 bits per heavy atom. The van der Waals surface area contributed by atoms with Gasteiger partial charge in [0.15, 0.2) is 0 Å². The first kappa shape index (κ1) is 17.5. The second-order valence-electron chi connectivity index (χ2n) is 5.75. The lowest BCUT2D eigenvalue weighted by Crippen LogP contribution is -2.05. The van der Waals surface area contributed by atoms with Crippen molar-refractivity contribution in [2.24, 2.45) is 0 Å². The Balaban J connectivity index is 2.22. The highest BCUT2D eigenvalue weighted by atomic mass is 31.1. The van der Waals surface area contributed by atoms with Crippen molar-refractivity contribution in [3.05, 3.63) is 70.3 Å². The molecule has 2 unspecified atom stereocenters. The summed E-state index contributed by atoms with van der Waals surface area (Å²) in [5, 5.41) is 0. The number of rotatable bonds is 6. The van der Waals surface area contributed by atoms with Gasteiger partial charge in [-0.05, 0) is 43.9 Å². The van der Waals surface area contributed by atoms with Crippen molar-refractivity contribution >= 4 is 13.6 Å². The minimum Gasteiger partial charge on any atom is -0.290 e. The monoisotopic (exact) mass is 329 g/mol. The summed E-state index contributed by atoms with van der Waals surface area (Å²) < 4.78 is 18.1. The Morgan fingerprint density at radius 1 is 1.09 bits per heavy atom. The zero-order valence-electron chi connectivity index (χ0n) is 14.0. The van der Waals surface area contributed by atoms with Crippen LogP contribution >= 0.6 is 8.03 Å². The molecule has 3 nitrogen and oxygen atoms in total. The smallest absolute Gasteiger partial charge is 0.289 e. The number of carbonyl (C=O) groups is 1. The van der Waals surface area contributed by atoms with Crippen molar-refractivity contribution in [2.45, 2.75) is 40.2 Å². The van der Waals surface area contributed by atoms with Crippen LogP contribution in [-0.2, 0) is 9.09 Å². The minimum atomic E-state index is -2.42. The van der Waals surface area contributed by atoms with Gasteiger partial charge in [0, 0.05) is 5.56 Å². The fourth-order valence-electron chi connectivity index (χ4n) is 2.81. The Hall–Kier alpha value is -1.83. The number of hydrogen-bond acceptors (Lipinski definition) is 3. The molecule has 0 saturated heterocycles. The molecule has 0 aliphatic heterocycles. The molecule has 2 rings (SSSR count). The molecule has 4 heteroatoms. The Kier molecular flexibility index (Phi) is 5.81. The van der Waals surface area contributed by atoms with E-state index in [1.54, 1.807) is 0 Å². The van der Waals surface area contributed by atoms with Crippen molar-refractivity contribution in [2.75, 3.05) is 0 Å². The highest BCUT2D eigenvalue weighted by Crippen LogP contribution is 2.38. The number of hydrogen-bond donors (Lipinski definition) is 0. The predicted octanol–water partition coefficient (Wildman–Crippen LogP) is 5.66. The molecule has 0 bridgehead atoms. The van der Waals surface area contributed by atoms with Gasteiger partial charge in [0.2, 0.25) is 0 Å². The second-order valence-corrected chi connectivity index (χ2v) is 6.88. The van der Waals surface area contributed by atoms with Gasteiger partial charge in [-0.2, -0.15) is 0 Å². The summed E-state index contributed by atoms with van der Waals surface area (Å²) in [5.74, 6) is 0. The molecule has 1 radical (unpaired) electrons. The van der Waals surface area contributed by atoms with Crippen molar-refractivity contribution < 1.29 is 13.9 Å². The van der Waals surface area contributed by atoms with Crippen LogP contribution in [0.4, 0.5) is 0 Å². The third-order valence-corrected chi connectivity index (χ3v) is 4.82. The standard InChI is InChI=1S/C19H22O3P/c1-5-17(16-9-7-6-8-10-16)22-23(21)19(20)18-14(3)11-13(2)12-15(18)4/h6-12,17H,5H2,1-4H3. The summed E-state index contributed by atoms with van der Waals surface area (Å²) in [6.07, 6.45) is 0.319. The Morgan fingerprint density at radius 2 is 1.65 bits per heavy atom. The molecule has 0 heterocycles. The van der Waals surface area contributed by atoms with E-state index >= 15 is 0 Å². The van der Waals surface area contributed by atoms with Crippen LogP contribution in [0.2, 0.25) is 0 Å². The van der Waals surface area contributed by atoms with Crippen LogP contribution in [0, 0.1) is 20.8 Å². The molecule has 0 N–H and O–H groups in total. The average Bonchev–Trinajstić information content (AvgIpc) is 2.52. The first-order chi connectivity index (χ1) is 10.9. The topological polar surface area (TPSA) is 43.4 Å². The van der Waals surface area contributed by atoms with Crippen molar-refractivity contribution in [3.8, 4) is 0 Å². The maximum Gasteiger partial charge on any atom is 0.289 e. The van der Waals surface area contributed by atoms with Gasteiger partial charge >= 0.3 is 0 Å². The largest absolute Gasteiger partial charge is 0.290 e. The molecule has 0 aromatic heterocycles.